The standard InChI is InChI=1S/C24H28N2O8/c1-11-6-8-12(9-7-11)15-14-17(34-25-15)21(28)26(20(14)27)10-13-16-18(31-23(2,3)30-16)19-22(29-13)33-24(4,5)32-19/h6-9,13-14,16-19,22H,10H2,1-5H3/t13-,14-,16+,17+,18+,19-,22-/m1/s1. The van der Waals surface area contributed by atoms with E-state index in [2.05, 4.69) is 5.16 Å². The number of amides is 2. The van der Waals surface area contributed by atoms with Crippen LogP contribution in [0.2, 0.25) is 0 Å². The first kappa shape index (κ1) is 22.1. The van der Waals surface area contributed by atoms with E-state index in [9.17, 15) is 9.59 Å². The second-order valence-electron chi connectivity index (χ2n) is 10.3. The molecule has 0 unspecified atom stereocenters. The summed E-state index contributed by atoms with van der Waals surface area (Å²) in [5.41, 5.74) is 2.30. The fraction of sp³-hybridized carbons (Fsp3) is 0.625. The molecular weight excluding hydrogens is 444 g/mol. The molecule has 0 saturated carbocycles. The Morgan fingerprint density at radius 3 is 2.26 bits per heavy atom. The van der Waals surface area contributed by atoms with Gasteiger partial charge >= 0.3 is 0 Å². The number of imide groups is 1. The van der Waals surface area contributed by atoms with Gasteiger partial charge in [0.25, 0.3) is 5.91 Å². The maximum absolute atomic E-state index is 13.4. The van der Waals surface area contributed by atoms with Gasteiger partial charge in [-0.2, -0.15) is 0 Å². The first-order valence-corrected chi connectivity index (χ1v) is 11.6. The Bertz CT molecular complexity index is 1070. The zero-order valence-corrected chi connectivity index (χ0v) is 19.7. The Labute approximate surface area is 197 Å². The van der Waals surface area contributed by atoms with Crippen LogP contribution >= 0.6 is 0 Å². The lowest BCUT2D eigenvalue weighted by molar-refractivity contribution is -0.236. The molecule has 1 aromatic carbocycles. The molecule has 0 aromatic heterocycles. The van der Waals surface area contributed by atoms with E-state index >= 15 is 0 Å². The minimum absolute atomic E-state index is 0.0111. The summed E-state index contributed by atoms with van der Waals surface area (Å²) < 4.78 is 30.4. The van der Waals surface area contributed by atoms with Crippen LogP contribution in [-0.2, 0) is 38.1 Å². The van der Waals surface area contributed by atoms with E-state index < -0.39 is 60.2 Å². The van der Waals surface area contributed by atoms with Crippen molar-refractivity contribution in [2.75, 3.05) is 6.54 Å². The number of carbonyl (C=O) groups excluding carboxylic acids is 2. The molecule has 0 bridgehead atoms. The van der Waals surface area contributed by atoms with Crippen molar-refractivity contribution in [3.8, 4) is 0 Å². The van der Waals surface area contributed by atoms with E-state index in [0.29, 0.717) is 5.71 Å². The van der Waals surface area contributed by atoms with Crippen LogP contribution in [0.1, 0.15) is 38.8 Å². The van der Waals surface area contributed by atoms with Crippen molar-refractivity contribution in [2.45, 2.75) is 83.0 Å². The summed E-state index contributed by atoms with van der Waals surface area (Å²) in [5, 5.41) is 4.07. The average Bonchev–Trinajstić information content (AvgIpc) is 3.47. The van der Waals surface area contributed by atoms with Crippen LogP contribution in [0.5, 0.6) is 0 Å². The number of rotatable bonds is 3. The van der Waals surface area contributed by atoms with Gasteiger partial charge in [0.1, 0.15) is 36.0 Å². The number of nitrogens with zero attached hydrogens (tertiary/aromatic N) is 2. The molecule has 4 saturated heterocycles. The third-order valence-electron chi connectivity index (χ3n) is 6.86. The fourth-order valence-corrected chi connectivity index (χ4v) is 5.40. The highest BCUT2D eigenvalue weighted by molar-refractivity contribution is 6.23. The molecule has 182 valence electrons. The monoisotopic (exact) mass is 472 g/mol. The van der Waals surface area contributed by atoms with Crippen molar-refractivity contribution < 1.29 is 38.1 Å². The van der Waals surface area contributed by atoms with E-state index in [0.717, 1.165) is 11.1 Å². The Hall–Kier alpha value is -2.37. The van der Waals surface area contributed by atoms with Crippen LogP contribution in [0.4, 0.5) is 0 Å². The molecular formula is C24H28N2O8. The molecule has 0 aliphatic carbocycles. The van der Waals surface area contributed by atoms with E-state index in [1.807, 2.05) is 45.0 Å². The van der Waals surface area contributed by atoms with Crippen molar-refractivity contribution in [3.05, 3.63) is 35.4 Å². The SMILES string of the molecule is Cc1ccc(C2=NO[C@@H]3C(=O)N(C[C@H]4O[C@@H]5OC(C)(C)O[C@@H]5[C@H]5OC(C)(C)O[C@H]54)C(=O)[C@H]23)cc1. The van der Waals surface area contributed by atoms with Crippen LogP contribution in [0, 0.1) is 12.8 Å². The number of hydrogen-bond acceptors (Lipinski definition) is 9. The molecule has 2 amide bonds. The van der Waals surface area contributed by atoms with Crippen LogP contribution in [0.15, 0.2) is 29.4 Å². The number of aryl methyl sites for hydroxylation is 1. The molecule has 5 heterocycles. The lowest BCUT2D eigenvalue weighted by atomic mass is 9.93. The van der Waals surface area contributed by atoms with E-state index in [1.54, 1.807) is 13.8 Å². The first-order valence-electron chi connectivity index (χ1n) is 11.6. The molecule has 5 aliphatic heterocycles. The Balaban J connectivity index is 1.25. The summed E-state index contributed by atoms with van der Waals surface area (Å²) >= 11 is 0. The van der Waals surface area contributed by atoms with Gasteiger partial charge in [-0.25, -0.2) is 0 Å². The second kappa shape index (κ2) is 7.32. The normalized spacial score (nSPS) is 39.5. The quantitative estimate of drug-likeness (QED) is 0.610. The lowest BCUT2D eigenvalue weighted by Gasteiger charge is -2.38. The van der Waals surface area contributed by atoms with Gasteiger partial charge in [0.05, 0.1) is 6.54 Å². The van der Waals surface area contributed by atoms with E-state index in [-0.39, 0.29) is 12.5 Å². The zero-order chi connectivity index (χ0) is 24.0. The molecule has 10 nitrogen and oxygen atoms in total. The summed E-state index contributed by atoms with van der Waals surface area (Å²) in [6.07, 6.45) is -3.82. The van der Waals surface area contributed by atoms with Crippen LogP contribution in [-0.4, -0.2) is 77.4 Å². The second-order valence-corrected chi connectivity index (χ2v) is 10.3. The maximum atomic E-state index is 13.4. The number of ether oxygens (including phenoxy) is 5. The van der Waals surface area contributed by atoms with Gasteiger partial charge in [-0.3, -0.25) is 14.5 Å². The topological polar surface area (TPSA) is 105 Å². The Kier molecular flexibility index (Phi) is 4.76. The highest BCUT2D eigenvalue weighted by atomic mass is 16.9. The molecule has 6 rings (SSSR count). The molecule has 0 radical (unpaired) electrons. The smallest absolute Gasteiger partial charge is 0.274 e. The van der Waals surface area contributed by atoms with Crippen LogP contribution in [0.3, 0.4) is 0 Å². The summed E-state index contributed by atoms with van der Waals surface area (Å²) in [7, 11) is 0. The number of benzene rings is 1. The largest absolute Gasteiger partial charge is 0.381 e. The summed E-state index contributed by atoms with van der Waals surface area (Å²) in [5.74, 6) is -3.31. The van der Waals surface area contributed by atoms with Crippen LogP contribution in [0.25, 0.3) is 0 Å². The maximum Gasteiger partial charge on any atom is 0.274 e. The number of oxime groups is 1. The molecule has 1 aromatic rings. The highest BCUT2D eigenvalue weighted by Gasteiger charge is 2.62. The third-order valence-corrected chi connectivity index (χ3v) is 6.86. The summed E-state index contributed by atoms with van der Waals surface area (Å²) in [6, 6.07) is 7.61. The van der Waals surface area contributed by atoms with Gasteiger partial charge in [-0.15, -0.1) is 0 Å². The summed E-state index contributed by atoms with van der Waals surface area (Å²) in [6.45, 7) is 9.20. The van der Waals surface area contributed by atoms with Crippen molar-refractivity contribution >= 4 is 17.5 Å². The average molecular weight is 472 g/mol. The fourth-order valence-electron chi connectivity index (χ4n) is 5.40. The summed E-state index contributed by atoms with van der Waals surface area (Å²) in [4.78, 5) is 33.2. The van der Waals surface area contributed by atoms with Gasteiger partial charge in [0.15, 0.2) is 17.9 Å². The number of carbonyl (C=O) groups is 2. The van der Waals surface area contributed by atoms with Crippen LogP contribution < -0.4 is 0 Å². The van der Waals surface area contributed by atoms with Gasteiger partial charge in [-0.1, -0.05) is 35.0 Å². The lowest BCUT2D eigenvalue weighted by Crippen LogP contribution is -2.58. The van der Waals surface area contributed by atoms with Crippen molar-refractivity contribution in [1.29, 1.82) is 0 Å². The minimum Gasteiger partial charge on any atom is -0.381 e. The molecule has 5 aliphatic rings. The Morgan fingerprint density at radius 1 is 0.882 bits per heavy atom. The highest BCUT2D eigenvalue weighted by Crippen LogP contribution is 2.44. The molecule has 0 spiro atoms. The van der Waals surface area contributed by atoms with Crippen molar-refractivity contribution in [1.82, 2.24) is 4.90 Å². The van der Waals surface area contributed by atoms with Crippen molar-refractivity contribution in [2.24, 2.45) is 11.1 Å². The number of likely N-dealkylation sites (tertiary alicyclic amines) is 1. The predicted molar refractivity (Wildman–Crippen MR) is 115 cm³/mol. The van der Waals surface area contributed by atoms with E-state index in [4.69, 9.17) is 28.5 Å². The molecule has 10 heteroatoms. The van der Waals surface area contributed by atoms with Gasteiger partial charge < -0.3 is 28.5 Å². The number of hydrogen-bond donors (Lipinski definition) is 0. The predicted octanol–water partition coefficient (Wildman–Crippen LogP) is 1.48. The first-order chi connectivity index (χ1) is 16.0. The third kappa shape index (κ3) is 3.39. The van der Waals surface area contributed by atoms with Gasteiger partial charge in [0, 0.05) is 5.56 Å². The molecule has 7 atom stereocenters. The van der Waals surface area contributed by atoms with Crippen molar-refractivity contribution in [3.63, 3.8) is 0 Å². The molecule has 4 fully saturated rings. The minimum atomic E-state index is -0.974. The Morgan fingerprint density at radius 2 is 1.53 bits per heavy atom. The van der Waals surface area contributed by atoms with E-state index in [1.165, 1.54) is 4.90 Å². The molecule has 0 N–H and O–H groups in total. The number of fused-ring (bicyclic) bond motifs is 4. The zero-order valence-electron chi connectivity index (χ0n) is 19.7. The van der Waals surface area contributed by atoms with Gasteiger partial charge in [-0.05, 0) is 34.6 Å². The van der Waals surface area contributed by atoms with Gasteiger partial charge in [0.2, 0.25) is 12.0 Å². The molecule has 34 heavy (non-hydrogen) atoms.